The van der Waals surface area contributed by atoms with E-state index >= 15 is 0 Å². The molecule has 0 fully saturated rings. The van der Waals surface area contributed by atoms with Gasteiger partial charge in [0.05, 0.1) is 6.54 Å². The highest BCUT2D eigenvalue weighted by Gasteiger charge is 2.08. The SMILES string of the molecule is CCNC(=O)c1ccc(NCC(=O)Nc2cccc(C(=O)NCC)c2)cc1. The topological polar surface area (TPSA) is 99.3 Å². The molecule has 0 aliphatic carbocycles. The lowest BCUT2D eigenvalue weighted by Gasteiger charge is -2.10. The zero-order chi connectivity index (χ0) is 19.6. The first kappa shape index (κ1) is 20.0. The van der Waals surface area contributed by atoms with Crippen molar-refractivity contribution in [1.29, 1.82) is 0 Å². The Kier molecular flexibility index (Phi) is 7.37. The number of benzene rings is 2. The quantitative estimate of drug-likeness (QED) is 0.574. The molecule has 0 atom stereocenters. The summed E-state index contributed by atoms with van der Waals surface area (Å²) in [6.45, 7) is 4.88. The summed E-state index contributed by atoms with van der Waals surface area (Å²) in [4.78, 5) is 35.7. The molecule has 0 heterocycles. The minimum atomic E-state index is -0.240. The van der Waals surface area contributed by atoms with Crippen LogP contribution in [-0.4, -0.2) is 37.4 Å². The van der Waals surface area contributed by atoms with Crippen molar-refractivity contribution in [2.24, 2.45) is 0 Å². The lowest BCUT2D eigenvalue weighted by atomic mass is 10.2. The molecule has 7 nitrogen and oxygen atoms in total. The highest BCUT2D eigenvalue weighted by atomic mass is 16.2. The number of carbonyl (C=O) groups excluding carboxylic acids is 3. The maximum Gasteiger partial charge on any atom is 0.251 e. The van der Waals surface area contributed by atoms with Crippen LogP contribution in [-0.2, 0) is 4.79 Å². The third kappa shape index (κ3) is 6.14. The molecule has 0 aliphatic heterocycles. The van der Waals surface area contributed by atoms with Crippen LogP contribution in [0.1, 0.15) is 34.6 Å². The van der Waals surface area contributed by atoms with Gasteiger partial charge >= 0.3 is 0 Å². The minimum Gasteiger partial charge on any atom is -0.376 e. The van der Waals surface area contributed by atoms with Crippen LogP contribution in [0.4, 0.5) is 11.4 Å². The van der Waals surface area contributed by atoms with Crippen LogP contribution in [0.25, 0.3) is 0 Å². The van der Waals surface area contributed by atoms with Crippen molar-refractivity contribution in [3.05, 3.63) is 59.7 Å². The Morgan fingerprint density at radius 3 is 2.04 bits per heavy atom. The molecule has 0 radical (unpaired) electrons. The van der Waals surface area contributed by atoms with E-state index in [-0.39, 0.29) is 24.3 Å². The van der Waals surface area contributed by atoms with E-state index in [1.807, 2.05) is 13.8 Å². The van der Waals surface area contributed by atoms with Crippen molar-refractivity contribution in [3.63, 3.8) is 0 Å². The number of amides is 3. The molecule has 2 aromatic carbocycles. The molecule has 0 saturated heterocycles. The summed E-state index contributed by atoms with van der Waals surface area (Å²) in [5, 5.41) is 11.2. The molecule has 4 N–H and O–H groups in total. The van der Waals surface area contributed by atoms with Gasteiger partial charge in [-0.2, -0.15) is 0 Å². The summed E-state index contributed by atoms with van der Waals surface area (Å²) >= 11 is 0. The minimum absolute atomic E-state index is 0.0614. The summed E-state index contributed by atoms with van der Waals surface area (Å²) < 4.78 is 0. The summed E-state index contributed by atoms with van der Waals surface area (Å²) in [6.07, 6.45) is 0. The molecular formula is C20H24N4O3. The van der Waals surface area contributed by atoms with E-state index in [2.05, 4.69) is 21.3 Å². The third-order valence-electron chi connectivity index (χ3n) is 3.68. The second-order valence-electron chi connectivity index (χ2n) is 5.78. The highest BCUT2D eigenvalue weighted by Crippen LogP contribution is 2.12. The maximum atomic E-state index is 12.1. The van der Waals surface area contributed by atoms with Gasteiger partial charge in [-0.25, -0.2) is 0 Å². The van der Waals surface area contributed by atoms with Crippen molar-refractivity contribution < 1.29 is 14.4 Å². The third-order valence-corrected chi connectivity index (χ3v) is 3.68. The van der Waals surface area contributed by atoms with Crippen LogP contribution in [0, 0.1) is 0 Å². The van der Waals surface area contributed by atoms with E-state index < -0.39 is 0 Å². The molecule has 0 unspecified atom stereocenters. The van der Waals surface area contributed by atoms with E-state index in [9.17, 15) is 14.4 Å². The van der Waals surface area contributed by atoms with E-state index in [4.69, 9.17) is 0 Å². The highest BCUT2D eigenvalue weighted by molar-refractivity contribution is 5.98. The molecule has 0 saturated carbocycles. The maximum absolute atomic E-state index is 12.1. The molecule has 2 rings (SSSR count). The fourth-order valence-corrected chi connectivity index (χ4v) is 2.39. The number of nitrogens with one attached hydrogen (secondary N) is 4. The molecule has 0 spiro atoms. The first-order valence-electron chi connectivity index (χ1n) is 8.83. The van der Waals surface area contributed by atoms with Gasteiger partial charge in [-0.3, -0.25) is 14.4 Å². The monoisotopic (exact) mass is 368 g/mol. The summed E-state index contributed by atoms with van der Waals surface area (Å²) in [5.41, 5.74) is 2.34. The van der Waals surface area contributed by atoms with Crippen molar-refractivity contribution in [2.45, 2.75) is 13.8 Å². The molecule has 2 aromatic rings. The standard InChI is InChI=1S/C20H24N4O3/c1-3-21-19(26)14-8-10-16(11-9-14)23-13-18(25)24-17-7-5-6-15(12-17)20(27)22-4-2/h5-12,23H,3-4,13H2,1-2H3,(H,21,26)(H,22,27)(H,24,25). The summed E-state index contributed by atoms with van der Waals surface area (Å²) in [7, 11) is 0. The Morgan fingerprint density at radius 1 is 0.778 bits per heavy atom. The van der Waals surface area contributed by atoms with Gasteiger partial charge < -0.3 is 21.3 Å². The Morgan fingerprint density at radius 2 is 1.41 bits per heavy atom. The van der Waals surface area contributed by atoms with Crippen LogP contribution >= 0.6 is 0 Å². The average Bonchev–Trinajstić information content (AvgIpc) is 2.67. The lowest BCUT2D eigenvalue weighted by molar-refractivity contribution is -0.114. The van der Waals surface area contributed by atoms with E-state index in [1.54, 1.807) is 48.5 Å². The van der Waals surface area contributed by atoms with E-state index in [0.717, 1.165) is 5.69 Å². The second-order valence-corrected chi connectivity index (χ2v) is 5.78. The number of carbonyl (C=O) groups is 3. The fourth-order valence-electron chi connectivity index (χ4n) is 2.39. The molecule has 142 valence electrons. The van der Waals surface area contributed by atoms with Gasteiger partial charge in [0.1, 0.15) is 0 Å². The number of rotatable bonds is 8. The molecule has 0 aromatic heterocycles. The molecule has 0 bridgehead atoms. The van der Waals surface area contributed by atoms with Gasteiger partial charge in [-0.1, -0.05) is 6.07 Å². The number of anilines is 2. The molecular weight excluding hydrogens is 344 g/mol. The number of hydrogen-bond donors (Lipinski definition) is 4. The van der Waals surface area contributed by atoms with Crippen molar-refractivity contribution in [1.82, 2.24) is 10.6 Å². The zero-order valence-corrected chi connectivity index (χ0v) is 15.5. The normalized spacial score (nSPS) is 10.0. The first-order valence-corrected chi connectivity index (χ1v) is 8.83. The number of hydrogen-bond acceptors (Lipinski definition) is 4. The van der Waals surface area contributed by atoms with Crippen molar-refractivity contribution in [3.8, 4) is 0 Å². The Labute approximate surface area is 158 Å². The second kappa shape index (κ2) is 9.96. The van der Waals surface area contributed by atoms with Gasteiger partial charge in [0.2, 0.25) is 5.91 Å². The molecule has 27 heavy (non-hydrogen) atoms. The van der Waals surface area contributed by atoms with Gasteiger partial charge in [0, 0.05) is 35.6 Å². The van der Waals surface area contributed by atoms with Crippen LogP contribution in [0.15, 0.2) is 48.5 Å². The lowest BCUT2D eigenvalue weighted by Crippen LogP contribution is -2.24. The Hall–Kier alpha value is -3.35. The van der Waals surface area contributed by atoms with E-state index in [1.165, 1.54) is 0 Å². The van der Waals surface area contributed by atoms with Gasteiger partial charge in [0.25, 0.3) is 11.8 Å². The average molecular weight is 368 g/mol. The summed E-state index contributed by atoms with van der Waals surface area (Å²) in [6, 6.07) is 13.6. The van der Waals surface area contributed by atoms with Crippen LogP contribution in [0.2, 0.25) is 0 Å². The summed E-state index contributed by atoms with van der Waals surface area (Å²) in [5.74, 6) is -0.552. The van der Waals surface area contributed by atoms with E-state index in [0.29, 0.717) is 29.9 Å². The van der Waals surface area contributed by atoms with Gasteiger partial charge in [0.15, 0.2) is 0 Å². The molecule has 3 amide bonds. The van der Waals surface area contributed by atoms with Crippen LogP contribution < -0.4 is 21.3 Å². The van der Waals surface area contributed by atoms with Crippen molar-refractivity contribution >= 4 is 29.1 Å². The van der Waals surface area contributed by atoms with Gasteiger partial charge in [-0.15, -0.1) is 0 Å². The Balaban J connectivity index is 1.88. The first-order chi connectivity index (χ1) is 13.0. The van der Waals surface area contributed by atoms with Crippen molar-refractivity contribution in [2.75, 3.05) is 30.3 Å². The zero-order valence-electron chi connectivity index (χ0n) is 15.5. The molecule has 0 aliphatic rings. The molecule has 7 heteroatoms. The van der Waals surface area contributed by atoms with Crippen LogP contribution in [0.5, 0.6) is 0 Å². The largest absolute Gasteiger partial charge is 0.376 e. The predicted molar refractivity (Wildman–Crippen MR) is 106 cm³/mol. The van der Waals surface area contributed by atoms with Crippen LogP contribution in [0.3, 0.4) is 0 Å². The Bertz CT molecular complexity index is 803. The fraction of sp³-hybridized carbons (Fsp3) is 0.250. The smallest absolute Gasteiger partial charge is 0.251 e. The predicted octanol–water partition coefficient (Wildman–Crippen LogP) is 2.24. The van der Waals surface area contributed by atoms with Gasteiger partial charge in [-0.05, 0) is 56.3 Å².